The van der Waals surface area contributed by atoms with Gasteiger partial charge in [-0.05, 0) is 19.3 Å². The molecule has 3 N–H and O–H groups in total. The van der Waals surface area contributed by atoms with Gasteiger partial charge < -0.3 is 15.5 Å². The van der Waals surface area contributed by atoms with Crippen molar-refractivity contribution in [2.24, 2.45) is 5.92 Å². The Kier molecular flexibility index (Phi) is 4.18. The first kappa shape index (κ1) is 10.5. The maximum Gasteiger partial charge on any atom is 0.223 e. The van der Waals surface area contributed by atoms with Gasteiger partial charge in [0.1, 0.15) is 0 Å². The number of carbonyl (C=O) groups excluding carboxylic acids is 1. The van der Waals surface area contributed by atoms with Crippen LogP contribution >= 0.6 is 0 Å². The minimum Gasteiger partial charge on any atom is -0.394 e. The average molecular weight is 187 g/mol. The topological polar surface area (TPSA) is 69.6 Å². The number of rotatable bonds is 3. The first-order valence-corrected chi connectivity index (χ1v) is 4.80. The minimum absolute atomic E-state index is 0.0185. The van der Waals surface area contributed by atoms with Crippen LogP contribution in [0.1, 0.15) is 25.7 Å². The molecule has 1 amide bonds. The molecule has 1 heterocycles. The van der Waals surface area contributed by atoms with E-state index < -0.39 is 6.10 Å². The molecule has 0 radical (unpaired) electrons. The molecule has 0 saturated carbocycles. The molecule has 1 saturated heterocycles. The molecule has 0 aromatic heterocycles. The highest BCUT2D eigenvalue weighted by molar-refractivity contribution is 5.78. The summed E-state index contributed by atoms with van der Waals surface area (Å²) in [6, 6.07) is 0. The van der Waals surface area contributed by atoms with Crippen molar-refractivity contribution >= 4 is 5.91 Å². The second kappa shape index (κ2) is 5.19. The summed E-state index contributed by atoms with van der Waals surface area (Å²) in [5.41, 5.74) is 0. The predicted octanol–water partition coefficient (Wildman–Crippen LogP) is -0.354. The van der Waals surface area contributed by atoms with Crippen LogP contribution in [-0.4, -0.2) is 35.4 Å². The number of aliphatic hydroxyl groups excluding tert-OH is 2. The van der Waals surface area contributed by atoms with Crippen molar-refractivity contribution in [3.05, 3.63) is 0 Å². The van der Waals surface area contributed by atoms with Crippen molar-refractivity contribution < 1.29 is 15.0 Å². The summed E-state index contributed by atoms with van der Waals surface area (Å²) >= 11 is 0. The zero-order chi connectivity index (χ0) is 9.68. The van der Waals surface area contributed by atoms with E-state index in [0.717, 1.165) is 25.8 Å². The molecular weight excluding hydrogens is 170 g/mol. The molecule has 1 aliphatic rings. The van der Waals surface area contributed by atoms with E-state index >= 15 is 0 Å². The minimum atomic E-state index is -0.756. The van der Waals surface area contributed by atoms with Crippen molar-refractivity contribution in [3.8, 4) is 0 Å². The molecule has 0 aliphatic carbocycles. The van der Waals surface area contributed by atoms with Crippen LogP contribution in [0.4, 0.5) is 0 Å². The maximum absolute atomic E-state index is 11.4. The van der Waals surface area contributed by atoms with Crippen LogP contribution in [-0.2, 0) is 4.79 Å². The summed E-state index contributed by atoms with van der Waals surface area (Å²) in [6.07, 6.45) is 2.47. The van der Waals surface area contributed by atoms with Gasteiger partial charge in [-0.25, -0.2) is 0 Å². The van der Waals surface area contributed by atoms with Gasteiger partial charge in [0, 0.05) is 12.5 Å². The fourth-order valence-corrected chi connectivity index (χ4v) is 1.63. The van der Waals surface area contributed by atoms with Crippen molar-refractivity contribution in [3.63, 3.8) is 0 Å². The number of amides is 1. The SMILES string of the molecule is O=C1NCCCCC1CC(O)CO. The van der Waals surface area contributed by atoms with E-state index in [-0.39, 0.29) is 18.4 Å². The summed E-state index contributed by atoms with van der Waals surface area (Å²) in [5, 5.41) is 20.6. The van der Waals surface area contributed by atoms with Gasteiger partial charge >= 0.3 is 0 Å². The molecular formula is C9H17NO3. The number of nitrogens with one attached hydrogen (secondary N) is 1. The van der Waals surface area contributed by atoms with Gasteiger partial charge in [0.25, 0.3) is 0 Å². The molecule has 76 valence electrons. The van der Waals surface area contributed by atoms with Crippen LogP contribution in [0.5, 0.6) is 0 Å². The van der Waals surface area contributed by atoms with Crippen molar-refractivity contribution in [1.82, 2.24) is 5.32 Å². The van der Waals surface area contributed by atoms with Gasteiger partial charge in [0.15, 0.2) is 0 Å². The molecule has 0 spiro atoms. The molecule has 0 aromatic rings. The zero-order valence-electron chi connectivity index (χ0n) is 7.70. The number of hydrogen-bond acceptors (Lipinski definition) is 3. The summed E-state index contributed by atoms with van der Waals surface area (Å²) in [7, 11) is 0. The highest BCUT2D eigenvalue weighted by Crippen LogP contribution is 2.17. The first-order valence-electron chi connectivity index (χ1n) is 4.80. The Morgan fingerprint density at radius 2 is 2.31 bits per heavy atom. The van der Waals surface area contributed by atoms with E-state index in [9.17, 15) is 9.90 Å². The van der Waals surface area contributed by atoms with E-state index in [0.29, 0.717) is 6.42 Å². The molecule has 2 unspecified atom stereocenters. The first-order chi connectivity index (χ1) is 6.24. The Morgan fingerprint density at radius 3 is 3.00 bits per heavy atom. The predicted molar refractivity (Wildman–Crippen MR) is 48.1 cm³/mol. The second-order valence-electron chi connectivity index (χ2n) is 3.56. The van der Waals surface area contributed by atoms with Crippen molar-refractivity contribution in [2.75, 3.05) is 13.2 Å². The molecule has 1 rings (SSSR count). The Morgan fingerprint density at radius 1 is 1.54 bits per heavy atom. The Hall–Kier alpha value is -0.610. The van der Waals surface area contributed by atoms with Crippen LogP contribution < -0.4 is 5.32 Å². The highest BCUT2D eigenvalue weighted by atomic mass is 16.3. The molecule has 4 heteroatoms. The Labute approximate surface area is 78.0 Å². The lowest BCUT2D eigenvalue weighted by Crippen LogP contribution is -2.31. The van der Waals surface area contributed by atoms with Gasteiger partial charge in [-0.2, -0.15) is 0 Å². The lowest BCUT2D eigenvalue weighted by Gasteiger charge is -2.15. The summed E-state index contributed by atoms with van der Waals surface area (Å²) < 4.78 is 0. The maximum atomic E-state index is 11.4. The van der Waals surface area contributed by atoms with Gasteiger partial charge in [-0.1, -0.05) is 6.42 Å². The molecule has 4 nitrogen and oxygen atoms in total. The highest BCUT2D eigenvalue weighted by Gasteiger charge is 2.22. The van der Waals surface area contributed by atoms with E-state index in [1.165, 1.54) is 0 Å². The van der Waals surface area contributed by atoms with E-state index in [1.54, 1.807) is 0 Å². The number of carbonyl (C=O) groups is 1. The van der Waals surface area contributed by atoms with Gasteiger partial charge in [-0.15, -0.1) is 0 Å². The third-order valence-electron chi connectivity index (χ3n) is 2.42. The molecule has 1 aliphatic heterocycles. The normalized spacial score (nSPS) is 26.3. The zero-order valence-corrected chi connectivity index (χ0v) is 7.70. The van der Waals surface area contributed by atoms with E-state index in [2.05, 4.69) is 5.32 Å². The number of aliphatic hydroxyl groups is 2. The molecule has 0 bridgehead atoms. The van der Waals surface area contributed by atoms with Gasteiger partial charge in [-0.3, -0.25) is 4.79 Å². The quantitative estimate of drug-likeness (QED) is 0.565. The van der Waals surface area contributed by atoms with Crippen LogP contribution in [0, 0.1) is 5.92 Å². The monoisotopic (exact) mass is 187 g/mol. The fraction of sp³-hybridized carbons (Fsp3) is 0.889. The third-order valence-corrected chi connectivity index (χ3v) is 2.42. The van der Waals surface area contributed by atoms with Crippen LogP contribution in [0.3, 0.4) is 0 Å². The Balaban J connectivity index is 2.40. The smallest absolute Gasteiger partial charge is 0.223 e. The van der Waals surface area contributed by atoms with Crippen molar-refractivity contribution in [1.29, 1.82) is 0 Å². The van der Waals surface area contributed by atoms with Crippen molar-refractivity contribution in [2.45, 2.75) is 31.8 Å². The third kappa shape index (κ3) is 3.32. The van der Waals surface area contributed by atoms with Gasteiger partial charge in [0.05, 0.1) is 12.7 Å². The number of hydrogen-bond donors (Lipinski definition) is 3. The summed E-state index contributed by atoms with van der Waals surface area (Å²) in [5.74, 6) is -0.102. The Bertz CT molecular complexity index is 172. The molecule has 1 fully saturated rings. The second-order valence-corrected chi connectivity index (χ2v) is 3.56. The average Bonchev–Trinajstić information content (AvgIpc) is 2.32. The standard InChI is InChI=1S/C9H17NO3/c11-6-8(12)5-7-3-1-2-4-10-9(7)13/h7-8,11-12H,1-6H2,(H,10,13). The summed E-state index contributed by atoms with van der Waals surface area (Å²) in [4.78, 5) is 11.4. The lowest BCUT2D eigenvalue weighted by molar-refractivity contribution is -0.125. The molecule has 13 heavy (non-hydrogen) atoms. The van der Waals surface area contributed by atoms with E-state index in [4.69, 9.17) is 5.11 Å². The lowest BCUT2D eigenvalue weighted by atomic mass is 9.96. The van der Waals surface area contributed by atoms with Gasteiger partial charge in [0.2, 0.25) is 5.91 Å². The van der Waals surface area contributed by atoms with Crippen LogP contribution in [0.25, 0.3) is 0 Å². The van der Waals surface area contributed by atoms with Crippen LogP contribution in [0.15, 0.2) is 0 Å². The molecule has 0 aromatic carbocycles. The summed E-state index contributed by atoms with van der Waals surface area (Å²) in [6.45, 7) is 0.480. The fourth-order valence-electron chi connectivity index (χ4n) is 1.63. The largest absolute Gasteiger partial charge is 0.394 e. The van der Waals surface area contributed by atoms with E-state index in [1.807, 2.05) is 0 Å². The molecule has 2 atom stereocenters. The van der Waals surface area contributed by atoms with Crippen LogP contribution in [0.2, 0.25) is 0 Å².